The summed E-state index contributed by atoms with van der Waals surface area (Å²) in [5.41, 5.74) is 0. The molecule has 0 aromatic rings. The van der Waals surface area contributed by atoms with Gasteiger partial charge in [-0.05, 0) is 39.3 Å². The van der Waals surface area contributed by atoms with Crippen molar-refractivity contribution >= 4 is 11.9 Å². The third kappa shape index (κ3) is 4.64. The number of rotatable bonds is 5. The van der Waals surface area contributed by atoms with Crippen LogP contribution in [0.4, 0.5) is 0 Å². The second-order valence-corrected chi connectivity index (χ2v) is 5.43. The Labute approximate surface area is 109 Å². The fraction of sp³-hybridized carbons (Fsp3) is 0.846. The predicted molar refractivity (Wildman–Crippen MR) is 69.3 cm³/mol. The average Bonchev–Trinajstić information content (AvgIpc) is 2.27. The number of nitrogens with zero attached hydrogens (tertiary/aromatic N) is 2. The van der Waals surface area contributed by atoms with Gasteiger partial charge in [0.1, 0.15) is 0 Å². The topological polar surface area (TPSA) is 60.9 Å². The van der Waals surface area contributed by atoms with Crippen LogP contribution in [-0.4, -0.2) is 60.0 Å². The minimum Gasteiger partial charge on any atom is -0.481 e. The molecule has 1 rings (SSSR count). The number of carbonyl (C=O) groups excluding carboxylic acids is 1. The molecule has 2 unspecified atom stereocenters. The molecule has 0 aliphatic carbocycles. The third-order valence-electron chi connectivity index (χ3n) is 3.71. The molecule has 1 fully saturated rings. The van der Waals surface area contributed by atoms with Gasteiger partial charge in [0.25, 0.3) is 0 Å². The monoisotopic (exact) mass is 256 g/mol. The van der Waals surface area contributed by atoms with Crippen LogP contribution in [0.2, 0.25) is 0 Å². The largest absolute Gasteiger partial charge is 0.481 e. The molecule has 104 valence electrons. The van der Waals surface area contributed by atoms with E-state index in [4.69, 9.17) is 5.11 Å². The molecule has 18 heavy (non-hydrogen) atoms. The van der Waals surface area contributed by atoms with E-state index in [1.165, 1.54) is 0 Å². The minimum atomic E-state index is -0.862. The molecule has 0 aromatic carbocycles. The van der Waals surface area contributed by atoms with Crippen molar-refractivity contribution in [1.82, 2.24) is 9.80 Å². The zero-order chi connectivity index (χ0) is 13.7. The highest BCUT2D eigenvalue weighted by Gasteiger charge is 2.24. The first-order valence-electron chi connectivity index (χ1n) is 6.56. The summed E-state index contributed by atoms with van der Waals surface area (Å²) in [6, 6.07) is -0.240. The van der Waals surface area contributed by atoms with Crippen molar-refractivity contribution in [2.75, 3.05) is 27.2 Å². The zero-order valence-corrected chi connectivity index (χ0v) is 11.6. The van der Waals surface area contributed by atoms with Crippen LogP contribution in [0.25, 0.3) is 0 Å². The second kappa shape index (κ2) is 6.73. The SMILES string of the molecule is CC(CC(=O)O)N(C)C(=O)CC1CCCN(C)C1. The first-order valence-corrected chi connectivity index (χ1v) is 6.56. The van der Waals surface area contributed by atoms with Crippen molar-refractivity contribution in [3.05, 3.63) is 0 Å². The lowest BCUT2D eigenvalue weighted by Gasteiger charge is -2.31. The third-order valence-corrected chi connectivity index (χ3v) is 3.71. The van der Waals surface area contributed by atoms with E-state index in [1.54, 1.807) is 18.9 Å². The lowest BCUT2D eigenvalue weighted by atomic mass is 9.94. The van der Waals surface area contributed by atoms with Crippen molar-refractivity contribution in [3.8, 4) is 0 Å². The number of hydrogen-bond acceptors (Lipinski definition) is 3. The number of likely N-dealkylation sites (tertiary alicyclic amines) is 1. The first-order chi connectivity index (χ1) is 8.40. The summed E-state index contributed by atoms with van der Waals surface area (Å²) < 4.78 is 0. The van der Waals surface area contributed by atoms with Crippen LogP contribution in [-0.2, 0) is 9.59 Å². The van der Waals surface area contributed by atoms with E-state index in [9.17, 15) is 9.59 Å². The number of aliphatic carboxylic acids is 1. The highest BCUT2D eigenvalue weighted by atomic mass is 16.4. The van der Waals surface area contributed by atoms with Crippen LogP contribution in [0.3, 0.4) is 0 Å². The van der Waals surface area contributed by atoms with Gasteiger partial charge in [-0.3, -0.25) is 9.59 Å². The standard InChI is InChI=1S/C13H24N2O3/c1-10(7-13(17)18)15(3)12(16)8-11-5-4-6-14(2)9-11/h10-11H,4-9H2,1-3H3,(H,17,18). The summed E-state index contributed by atoms with van der Waals surface area (Å²) in [5.74, 6) is -0.390. The van der Waals surface area contributed by atoms with Gasteiger partial charge in [0, 0.05) is 26.1 Å². The number of carboxylic acid groups (broad SMARTS) is 1. The highest BCUT2D eigenvalue weighted by molar-refractivity contribution is 5.77. The molecule has 0 aromatic heterocycles. The number of carbonyl (C=O) groups is 2. The number of amides is 1. The molecule has 1 saturated heterocycles. The van der Waals surface area contributed by atoms with Gasteiger partial charge in [-0.1, -0.05) is 0 Å². The van der Waals surface area contributed by atoms with Crippen molar-refractivity contribution in [2.24, 2.45) is 5.92 Å². The highest BCUT2D eigenvalue weighted by Crippen LogP contribution is 2.19. The molecule has 1 aliphatic rings. The predicted octanol–water partition coefficient (Wildman–Crippen LogP) is 1.04. The summed E-state index contributed by atoms with van der Waals surface area (Å²) in [4.78, 5) is 26.5. The van der Waals surface area contributed by atoms with Gasteiger partial charge >= 0.3 is 5.97 Å². The zero-order valence-electron chi connectivity index (χ0n) is 11.6. The Hall–Kier alpha value is -1.10. The second-order valence-electron chi connectivity index (χ2n) is 5.43. The Bertz CT molecular complexity index is 307. The quantitative estimate of drug-likeness (QED) is 0.798. The molecule has 0 bridgehead atoms. The molecule has 0 radical (unpaired) electrons. The lowest BCUT2D eigenvalue weighted by molar-refractivity contribution is -0.140. The van der Waals surface area contributed by atoms with Gasteiger partial charge in [-0.2, -0.15) is 0 Å². The van der Waals surface area contributed by atoms with Gasteiger partial charge < -0.3 is 14.9 Å². The normalized spacial score (nSPS) is 22.5. The fourth-order valence-corrected chi connectivity index (χ4v) is 2.47. The van der Waals surface area contributed by atoms with Crippen LogP contribution < -0.4 is 0 Å². The minimum absolute atomic E-state index is 0.00676. The molecule has 1 aliphatic heterocycles. The fourth-order valence-electron chi connectivity index (χ4n) is 2.47. The Morgan fingerprint density at radius 1 is 1.50 bits per heavy atom. The maximum atomic E-state index is 12.1. The van der Waals surface area contributed by atoms with Crippen LogP contribution in [0.5, 0.6) is 0 Å². The van der Waals surface area contributed by atoms with E-state index in [2.05, 4.69) is 11.9 Å². The van der Waals surface area contributed by atoms with E-state index >= 15 is 0 Å². The van der Waals surface area contributed by atoms with E-state index in [0.717, 1.165) is 25.9 Å². The smallest absolute Gasteiger partial charge is 0.305 e. The summed E-state index contributed by atoms with van der Waals surface area (Å²) in [5, 5.41) is 8.73. The van der Waals surface area contributed by atoms with Crippen LogP contribution in [0.15, 0.2) is 0 Å². The summed E-state index contributed by atoms with van der Waals surface area (Å²) in [6.07, 6.45) is 2.78. The molecule has 5 nitrogen and oxygen atoms in total. The molecule has 2 atom stereocenters. The number of carboxylic acids is 1. The van der Waals surface area contributed by atoms with Gasteiger partial charge in [0.15, 0.2) is 0 Å². The van der Waals surface area contributed by atoms with Crippen LogP contribution in [0.1, 0.15) is 32.6 Å². The molecule has 0 saturated carbocycles. The van der Waals surface area contributed by atoms with Crippen molar-refractivity contribution in [3.63, 3.8) is 0 Å². The molecule has 1 heterocycles. The van der Waals surface area contributed by atoms with Crippen molar-refractivity contribution < 1.29 is 14.7 Å². The van der Waals surface area contributed by atoms with Gasteiger partial charge in [-0.15, -0.1) is 0 Å². The van der Waals surface area contributed by atoms with Crippen LogP contribution >= 0.6 is 0 Å². The van der Waals surface area contributed by atoms with E-state index < -0.39 is 5.97 Å². The lowest BCUT2D eigenvalue weighted by Crippen LogP contribution is -2.40. The van der Waals surface area contributed by atoms with E-state index in [0.29, 0.717) is 12.3 Å². The molecular weight excluding hydrogens is 232 g/mol. The van der Waals surface area contributed by atoms with Gasteiger partial charge in [0.2, 0.25) is 5.91 Å². The Morgan fingerprint density at radius 3 is 2.72 bits per heavy atom. The Balaban J connectivity index is 2.41. The number of hydrogen-bond donors (Lipinski definition) is 1. The molecule has 0 spiro atoms. The van der Waals surface area contributed by atoms with E-state index in [1.807, 2.05) is 0 Å². The average molecular weight is 256 g/mol. The number of piperidine rings is 1. The Morgan fingerprint density at radius 2 is 2.17 bits per heavy atom. The van der Waals surface area contributed by atoms with Crippen molar-refractivity contribution in [2.45, 2.75) is 38.6 Å². The van der Waals surface area contributed by atoms with Crippen LogP contribution in [0, 0.1) is 5.92 Å². The Kier molecular flexibility index (Phi) is 5.59. The molecule has 1 N–H and O–H groups in total. The molecule has 5 heteroatoms. The first kappa shape index (κ1) is 15.0. The summed E-state index contributed by atoms with van der Waals surface area (Å²) >= 11 is 0. The van der Waals surface area contributed by atoms with Crippen molar-refractivity contribution in [1.29, 1.82) is 0 Å². The summed E-state index contributed by atoms with van der Waals surface area (Å²) in [6.45, 7) is 3.85. The van der Waals surface area contributed by atoms with Gasteiger partial charge in [0.05, 0.1) is 6.42 Å². The van der Waals surface area contributed by atoms with E-state index in [-0.39, 0.29) is 18.4 Å². The maximum absolute atomic E-state index is 12.1. The maximum Gasteiger partial charge on any atom is 0.305 e. The molecular formula is C13H24N2O3. The van der Waals surface area contributed by atoms with Gasteiger partial charge in [-0.25, -0.2) is 0 Å². The summed E-state index contributed by atoms with van der Waals surface area (Å²) in [7, 11) is 3.77. The molecule has 1 amide bonds.